The van der Waals surface area contributed by atoms with Crippen molar-refractivity contribution in [1.29, 1.82) is 0 Å². The van der Waals surface area contributed by atoms with Crippen molar-refractivity contribution in [2.24, 2.45) is 0 Å². The highest BCUT2D eigenvalue weighted by Crippen LogP contribution is 2.52. The van der Waals surface area contributed by atoms with Gasteiger partial charge in [0.05, 0.1) is 11.0 Å². The van der Waals surface area contributed by atoms with Gasteiger partial charge in [0.25, 0.3) is 0 Å². The maximum Gasteiger partial charge on any atom is 0.238 e. The fraction of sp³-hybridized carbons (Fsp3) is 0.0612. The van der Waals surface area contributed by atoms with E-state index in [0.717, 1.165) is 60.7 Å². The molecule has 280 valence electrons. The van der Waals surface area contributed by atoms with Crippen molar-refractivity contribution >= 4 is 166 Å². The minimum Gasteiger partial charge on any atom is -0.435 e. The molecule has 0 N–H and O–H groups in total. The molecule has 65 heavy (non-hydrogen) atoms. The number of hydrogen-bond donors (Lipinski definition) is 0. The van der Waals surface area contributed by atoms with Gasteiger partial charge in [0.2, 0.25) is 11.8 Å². The molecule has 0 atom stereocenters. The molecule has 16 heteroatoms. The first-order chi connectivity index (χ1) is 31.1. The first-order valence-electron chi connectivity index (χ1n) is 20.6. The molecule has 0 saturated heterocycles. The molecule has 6 nitrogen and oxygen atoms in total. The van der Waals surface area contributed by atoms with Crippen LogP contribution >= 0.6 is 0 Å². The Hall–Kier alpha value is -6.53. The van der Waals surface area contributed by atoms with Gasteiger partial charge in [0, 0.05) is 38.4 Å². The number of benzene rings is 7. The first kappa shape index (κ1) is 41.2. The minimum atomic E-state index is -0.269. The van der Waals surface area contributed by atoms with Crippen LogP contribution < -0.4 is 54.6 Å². The molecule has 1 aliphatic carbocycles. The maximum absolute atomic E-state index is 6.59. The summed E-state index contributed by atoms with van der Waals surface area (Å²) in [5, 5.41) is 1.85. The topological polar surface area (TPSA) is 69.6 Å². The van der Waals surface area contributed by atoms with E-state index in [-0.39, 0.29) is 88.8 Å². The molecule has 7 aromatic carbocycles. The Morgan fingerprint density at radius 3 is 1.60 bits per heavy atom. The lowest BCUT2D eigenvalue weighted by Gasteiger charge is -2.23. The highest BCUT2D eigenvalue weighted by molar-refractivity contribution is 6.70. The van der Waals surface area contributed by atoms with Crippen LogP contribution in [0.2, 0.25) is 0 Å². The van der Waals surface area contributed by atoms with Gasteiger partial charge < -0.3 is 4.42 Å². The van der Waals surface area contributed by atoms with Gasteiger partial charge in [-0.3, -0.25) is 4.57 Å². The molecule has 20 radical (unpaired) electrons. The van der Waals surface area contributed by atoms with Crippen molar-refractivity contribution in [3.63, 3.8) is 0 Å². The van der Waals surface area contributed by atoms with Crippen LogP contribution in [0.4, 0.5) is 0 Å². The zero-order valence-corrected chi connectivity index (χ0v) is 35.2. The predicted molar refractivity (Wildman–Crippen MR) is 275 cm³/mol. The number of aromatic nitrogens is 5. The van der Waals surface area contributed by atoms with Gasteiger partial charge >= 0.3 is 0 Å². The lowest BCUT2D eigenvalue weighted by Crippen LogP contribution is -2.55. The van der Waals surface area contributed by atoms with Crippen molar-refractivity contribution in [3.8, 4) is 62.4 Å². The Morgan fingerprint density at radius 2 is 0.969 bits per heavy atom. The Balaban J connectivity index is 1.12. The van der Waals surface area contributed by atoms with Crippen LogP contribution in [0.1, 0.15) is 25.0 Å². The van der Waals surface area contributed by atoms with E-state index in [0.29, 0.717) is 5.89 Å². The molecule has 0 spiro atoms. The third kappa shape index (κ3) is 6.01. The molecule has 0 bridgehead atoms. The second kappa shape index (κ2) is 14.7. The lowest BCUT2D eigenvalue weighted by atomic mass is 9.60. The van der Waals surface area contributed by atoms with E-state index < -0.39 is 0 Å². The van der Waals surface area contributed by atoms with Gasteiger partial charge in [-0.05, 0) is 70.3 Å². The maximum atomic E-state index is 6.59. The molecular formula is C49H23B10N5O. The quantitative estimate of drug-likeness (QED) is 0.230. The summed E-state index contributed by atoms with van der Waals surface area (Å²) >= 11 is 0. The van der Waals surface area contributed by atoms with E-state index >= 15 is 0 Å². The third-order valence-electron chi connectivity index (χ3n) is 12.9. The average Bonchev–Trinajstić information content (AvgIpc) is 3.97. The molecule has 10 aromatic rings. The normalized spacial score (nSPS) is 12.9. The number of oxazole rings is 1. The Morgan fingerprint density at radius 1 is 0.446 bits per heavy atom. The number of fused-ring (bicyclic) bond motifs is 8. The zero-order chi connectivity index (χ0) is 45.4. The highest BCUT2D eigenvalue weighted by Gasteiger charge is 2.38. The van der Waals surface area contributed by atoms with Crippen LogP contribution in [-0.4, -0.2) is 103 Å². The summed E-state index contributed by atoms with van der Waals surface area (Å²) in [4.78, 5) is 19.6. The lowest BCUT2D eigenvalue weighted by molar-refractivity contribution is 0.618. The first-order valence-corrected chi connectivity index (χ1v) is 20.6. The molecule has 0 saturated carbocycles. The number of nitrogens with zero attached hydrogens (tertiary/aromatic N) is 5. The summed E-state index contributed by atoms with van der Waals surface area (Å²) in [5.41, 5.74) is 10.8. The van der Waals surface area contributed by atoms with Crippen LogP contribution in [0.15, 0.2) is 108 Å². The van der Waals surface area contributed by atoms with Crippen LogP contribution in [-0.2, 0) is 5.41 Å². The van der Waals surface area contributed by atoms with Crippen molar-refractivity contribution in [1.82, 2.24) is 24.5 Å². The fourth-order valence-electron chi connectivity index (χ4n) is 9.34. The van der Waals surface area contributed by atoms with Crippen LogP contribution in [0, 0.1) is 0 Å². The smallest absolute Gasteiger partial charge is 0.238 e. The van der Waals surface area contributed by atoms with Gasteiger partial charge in [-0.15, -0.1) is 32.8 Å². The molecule has 0 unspecified atom stereocenters. The third-order valence-corrected chi connectivity index (χ3v) is 12.9. The van der Waals surface area contributed by atoms with Crippen LogP contribution in [0.25, 0.3) is 95.3 Å². The summed E-state index contributed by atoms with van der Waals surface area (Å²) in [5.74, 6) is 0.753. The summed E-state index contributed by atoms with van der Waals surface area (Å²) in [6, 6.07) is 35.0. The largest absolute Gasteiger partial charge is 0.435 e. The van der Waals surface area contributed by atoms with Crippen LogP contribution in [0.5, 0.6) is 0 Å². The van der Waals surface area contributed by atoms with Gasteiger partial charge in [0.1, 0.15) is 84.0 Å². The van der Waals surface area contributed by atoms with Gasteiger partial charge in [-0.2, -0.15) is 9.97 Å². The SMILES string of the molecule is [B]c1c([B])c([B])c(-c2nc(-c3c([B])c([B])c([B])c([B])c3[B])nc(-n3c4ccccc4c4cc(-c5ccc6c(c5)-c5c(ccc7nc(-c8ccccc8)oc57)C6(C)C)ccc43)n2)c([B])c1[B]. The molecule has 1 aliphatic rings. The summed E-state index contributed by atoms with van der Waals surface area (Å²) in [7, 11) is 64.1. The van der Waals surface area contributed by atoms with Crippen molar-refractivity contribution in [2.45, 2.75) is 19.3 Å². The predicted octanol–water partition coefficient (Wildman–Crippen LogP) is 0.0222. The molecule has 3 aromatic heterocycles. The number of hydrogen-bond acceptors (Lipinski definition) is 5. The summed E-state index contributed by atoms with van der Waals surface area (Å²) in [6.07, 6.45) is 0. The second-order valence-electron chi connectivity index (χ2n) is 16.9. The van der Waals surface area contributed by atoms with E-state index in [4.69, 9.17) is 103 Å². The second-order valence-corrected chi connectivity index (χ2v) is 16.9. The van der Waals surface area contributed by atoms with Gasteiger partial charge in [0.15, 0.2) is 17.2 Å². The standard InChI is InChI=1S/C49H23B10N5O/c1-49(2)26-14-12-21(19-25(26)31-27(49)15-16-28-44(31)65-47(60-28)20-8-4-3-5-9-20)22-13-17-30-24(18-22)23-10-6-7-11-29(23)64(30)48-62-45(32-34(50)38(54)42(58)39(55)35(32)51)61-46(63-48)33-36(52)40(56)43(59)41(57)37(33)53/h3-19H,1-2H3. The van der Waals surface area contributed by atoms with Crippen LogP contribution in [0.3, 0.4) is 0 Å². The van der Waals surface area contributed by atoms with E-state index in [2.05, 4.69) is 56.3 Å². The van der Waals surface area contributed by atoms with E-state index in [1.165, 1.54) is 11.1 Å². The van der Waals surface area contributed by atoms with Crippen molar-refractivity contribution in [2.75, 3.05) is 0 Å². The van der Waals surface area contributed by atoms with E-state index in [1.807, 2.05) is 65.2 Å². The molecular weight excluding hydrogens is 783 g/mol. The van der Waals surface area contributed by atoms with Crippen molar-refractivity contribution in [3.05, 3.63) is 114 Å². The number of para-hydroxylation sites is 1. The number of rotatable bonds is 5. The summed E-state index contributed by atoms with van der Waals surface area (Å²) < 4.78 is 8.49. The van der Waals surface area contributed by atoms with Crippen molar-refractivity contribution < 1.29 is 4.42 Å². The molecule has 3 heterocycles. The van der Waals surface area contributed by atoms with Gasteiger partial charge in [-0.1, -0.05) is 96.4 Å². The highest BCUT2D eigenvalue weighted by atomic mass is 16.3. The Kier molecular flexibility index (Phi) is 9.35. The molecule has 0 aliphatic heterocycles. The Labute approximate surface area is 389 Å². The summed E-state index contributed by atoms with van der Waals surface area (Å²) in [6.45, 7) is 4.49. The monoisotopic (exact) mass is 807 g/mol. The minimum absolute atomic E-state index is 0.00631. The van der Waals surface area contributed by atoms with Gasteiger partial charge in [-0.25, -0.2) is 9.97 Å². The van der Waals surface area contributed by atoms with E-state index in [9.17, 15) is 0 Å². The molecule has 11 rings (SSSR count). The Bertz CT molecular complexity index is 3570. The fourth-order valence-corrected chi connectivity index (χ4v) is 9.34. The zero-order valence-electron chi connectivity index (χ0n) is 35.2. The average molecular weight is 806 g/mol. The van der Waals surface area contributed by atoms with E-state index in [1.54, 1.807) is 0 Å². The molecule has 0 amide bonds. The molecule has 0 fully saturated rings.